The number of hydrogen-bond donors (Lipinski definition) is 3. The first kappa shape index (κ1) is 14.9. The van der Waals surface area contributed by atoms with Crippen molar-refractivity contribution in [3.63, 3.8) is 0 Å². The molecule has 0 spiro atoms. The molecular weight excluding hydrogens is 250 g/mol. The number of benzene rings is 1. The summed E-state index contributed by atoms with van der Waals surface area (Å²) in [6, 6.07) is 7.29. The Morgan fingerprint density at radius 3 is 2.65 bits per heavy atom. The molecule has 2 rings (SSSR count). The first-order chi connectivity index (χ1) is 9.70. The van der Waals surface area contributed by atoms with Gasteiger partial charge >= 0.3 is 0 Å². The number of hydrogen-bond acceptors (Lipinski definition) is 3. The van der Waals surface area contributed by atoms with Gasteiger partial charge in [-0.3, -0.25) is 10.6 Å². The van der Waals surface area contributed by atoms with Gasteiger partial charge in [-0.25, -0.2) is 0 Å². The molecule has 1 aromatic carbocycles. The summed E-state index contributed by atoms with van der Waals surface area (Å²) >= 11 is 0. The first-order valence-corrected chi connectivity index (χ1v) is 7.54. The normalized spacial score (nSPS) is 22.3. The number of rotatable bonds is 5. The molecule has 0 radical (unpaired) electrons. The lowest BCUT2D eigenvalue weighted by Crippen LogP contribution is -2.28. The van der Waals surface area contributed by atoms with Crippen LogP contribution in [-0.4, -0.2) is 12.5 Å². The second-order valence-corrected chi connectivity index (χ2v) is 5.86. The zero-order valence-corrected chi connectivity index (χ0v) is 12.2. The van der Waals surface area contributed by atoms with Gasteiger partial charge in [-0.15, -0.1) is 0 Å². The molecule has 1 fully saturated rings. The largest absolute Gasteiger partial charge is 0.352 e. The van der Waals surface area contributed by atoms with E-state index in [2.05, 4.69) is 17.7 Å². The number of amides is 1. The number of nitrogens with one attached hydrogen (secondary N) is 2. The molecule has 1 aromatic rings. The summed E-state index contributed by atoms with van der Waals surface area (Å²) in [5.41, 5.74) is 3.83. The summed E-state index contributed by atoms with van der Waals surface area (Å²) in [6.45, 7) is 3.07. The number of nitrogens with two attached hydrogens (primary N) is 1. The Hall–Kier alpha value is -1.55. The monoisotopic (exact) mass is 275 g/mol. The van der Waals surface area contributed by atoms with E-state index in [1.165, 1.54) is 25.7 Å². The second kappa shape index (κ2) is 7.29. The average molecular weight is 275 g/mol. The Morgan fingerprint density at radius 1 is 1.25 bits per heavy atom. The molecule has 4 N–H and O–H groups in total. The number of carbonyl (C=O) groups excluding carboxylic acids is 1. The van der Waals surface area contributed by atoms with Crippen molar-refractivity contribution in [3.05, 3.63) is 29.8 Å². The van der Waals surface area contributed by atoms with Crippen molar-refractivity contribution in [2.75, 3.05) is 12.0 Å². The lowest BCUT2D eigenvalue weighted by atomic mass is 9.81. The standard InChI is InChI=1S/C16H25N3O/c1-12-6-8-13(9-7-12)10-11-18-16(20)14-4-2-3-5-15(14)19-17/h2-5,12-13,19H,6-11,17H2,1H3,(H,18,20). The zero-order valence-electron chi connectivity index (χ0n) is 12.2. The van der Waals surface area contributed by atoms with Crippen molar-refractivity contribution in [3.8, 4) is 0 Å². The highest BCUT2D eigenvalue weighted by Gasteiger charge is 2.18. The van der Waals surface area contributed by atoms with Crippen LogP contribution in [0.3, 0.4) is 0 Å². The molecule has 1 amide bonds. The van der Waals surface area contributed by atoms with Crippen molar-refractivity contribution in [2.45, 2.75) is 39.0 Å². The molecule has 20 heavy (non-hydrogen) atoms. The average Bonchev–Trinajstić information content (AvgIpc) is 2.49. The Labute approximate surface area is 121 Å². The molecule has 1 aliphatic rings. The van der Waals surface area contributed by atoms with E-state index in [9.17, 15) is 4.79 Å². The van der Waals surface area contributed by atoms with Crippen molar-refractivity contribution in [2.24, 2.45) is 17.7 Å². The van der Waals surface area contributed by atoms with Crippen LogP contribution in [0.5, 0.6) is 0 Å². The summed E-state index contributed by atoms with van der Waals surface area (Å²) < 4.78 is 0. The Balaban J connectivity index is 1.78. The van der Waals surface area contributed by atoms with Crippen molar-refractivity contribution in [1.82, 2.24) is 5.32 Å². The first-order valence-electron chi connectivity index (χ1n) is 7.54. The van der Waals surface area contributed by atoms with Gasteiger partial charge in [-0.1, -0.05) is 44.7 Å². The smallest absolute Gasteiger partial charge is 0.253 e. The maximum Gasteiger partial charge on any atom is 0.253 e. The van der Waals surface area contributed by atoms with Gasteiger partial charge in [-0.2, -0.15) is 0 Å². The van der Waals surface area contributed by atoms with Crippen LogP contribution in [-0.2, 0) is 0 Å². The maximum atomic E-state index is 12.1. The van der Waals surface area contributed by atoms with E-state index in [0.29, 0.717) is 11.3 Å². The third-order valence-corrected chi connectivity index (χ3v) is 4.30. The number of carbonyl (C=O) groups is 1. The molecule has 4 heteroatoms. The Kier molecular flexibility index (Phi) is 5.41. The van der Waals surface area contributed by atoms with Crippen LogP contribution in [0.1, 0.15) is 49.4 Å². The van der Waals surface area contributed by atoms with E-state index >= 15 is 0 Å². The third-order valence-electron chi connectivity index (χ3n) is 4.30. The van der Waals surface area contributed by atoms with E-state index in [1.54, 1.807) is 12.1 Å². The predicted molar refractivity (Wildman–Crippen MR) is 82.3 cm³/mol. The van der Waals surface area contributed by atoms with Crippen LogP contribution in [0.15, 0.2) is 24.3 Å². The molecule has 110 valence electrons. The summed E-state index contributed by atoms with van der Waals surface area (Å²) in [6.07, 6.45) is 6.35. The summed E-state index contributed by atoms with van der Waals surface area (Å²) in [7, 11) is 0. The van der Waals surface area contributed by atoms with E-state index in [0.717, 1.165) is 24.8 Å². The van der Waals surface area contributed by atoms with Crippen molar-refractivity contribution in [1.29, 1.82) is 0 Å². The molecule has 0 aliphatic heterocycles. The van der Waals surface area contributed by atoms with E-state index in [4.69, 9.17) is 5.84 Å². The lowest BCUT2D eigenvalue weighted by Gasteiger charge is -2.26. The van der Waals surface area contributed by atoms with Crippen LogP contribution in [0, 0.1) is 11.8 Å². The minimum absolute atomic E-state index is 0.0530. The van der Waals surface area contributed by atoms with Crippen LogP contribution in [0.25, 0.3) is 0 Å². The summed E-state index contributed by atoms with van der Waals surface area (Å²) in [5, 5.41) is 3.00. The van der Waals surface area contributed by atoms with Gasteiger partial charge in [-0.05, 0) is 30.4 Å². The SMILES string of the molecule is CC1CCC(CCNC(=O)c2ccccc2NN)CC1. The molecule has 0 heterocycles. The van der Waals surface area contributed by atoms with Gasteiger partial charge < -0.3 is 10.7 Å². The third kappa shape index (κ3) is 3.97. The van der Waals surface area contributed by atoms with Crippen molar-refractivity contribution < 1.29 is 4.79 Å². The molecule has 0 saturated heterocycles. The molecule has 0 bridgehead atoms. The van der Waals surface area contributed by atoms with Gasteiger partial charge in [0.05, 0.1) is 11.3 Å². The quantitative estimate of drug-likeness (QED) is 0.572. The lowest BCUT2D eigenvalue weighted by molar-refractivity contribution is 0.0950. The van der Waals surface area contributed by atoms with Crippen LogP contribution >= 0.6 is 0 Å². The van der Waals surface area contributed by atoms with Crippen molar-refractivity contribution >= 4 is 11.6 Å². The number of nitrogen functional groups attached to an aromatic ring is 1. The van der Waals surface area contributed by atoms with Crippen LogP contribution in [0.4, 0.5) is 5.69 Å². The molecule has 1 saturated carbocycles. The summed E-state index contributed by atoms with van der Waals surface area (Å²) in [5.74, 6) is 7.01. The minimum Gasteiger partial charge on any atom is -0.352 e. The van der Waals surface area contributed by atoms with Gasteiger partial charge in [0, 0.05) is 6.54 Å². The highest BCUT2D eigenvalue weighted by molar-refractivity contribution is 5.99. The minimum atomic E-state index is -0.0530. The topological polar surface area (TPSA) is 67.2 Å². The van der Waals surface area contributed by atoms with Gasteiger partial charge in [0.25, 0.3) is 5.91 Å². The number of anilines is 1. The predicted octanol–water partition coefficient (Wildman–Crippen LogP) is 2.92. The number of hydrazine groups is 1. The fourth-order valence-electron chi connectivity index (χ4n) is 2.91. The van der Waals surface area contributed by atoms with E-state index < -0.39 is 0 Å². The molecule has 1 aliphatic carbocycles. The Bertz CT molecular complexity index is 439. The molecule has 0 atom stereocenters. The highest BCUT2D eigenvalue weighted by atomic mass is 16.1. The van der Waals surface area contributed by atoms with Crippen LogP contribution in [0.2, 0.25) is 0 Å². The highest BCUT2D eigenvalue weighted by Crippen LogP contribution is 2.29. The van der Waals surface area contributed by atoms with Gasteiger partial charge in [0.15, 0.2) is 0 Å². The zero-order chi connectivity index (χ0) is 14.4. The summed E-state index contributed by atoms with van der Waals surface area (Å²) in [4.78, 5) is 12.1. The Morgan fingerprint density at radius 2 is 1.95 bits per heavy atom. The fourth-order valence-corrected chi connectivity index (χ4v) is 2.91. The van der Waals surface area contributed by atoms with Gasteiger partial charge in [0.1, 0.15) is 0 Å². The van der Waals surface area contributed by atoms with Gasteiger partial charge in [0.2, 0.25) is 0 Å². The molecule has 4 nitrogen and oxygen atoms in total. The second-order valence-electron chi connectivity index (χ2n) is 5.86. The van der Waals surface area contributed by atoms with Crippen LogP contribution < -0.4 is 16.6 Å². The molecular formula is C16H25N3O. The van der Waals surface area contributed by atoms with E-state index in [1.807, 2.05) is 12.1 Å². The molecule has 0 aromatic heterocycles. The van der Waals surface area contributed by atoms with E-state index in [-0.39, 0.29) is 5.91 Å². The maximum absolute atomic E-state index is 12.1. The molecule has 0 unspecified atom stereocenters. The number of para-hydroxylation sites is 1. The fraction of sp³-hybridized carbons (Fsp3) is 0.562.